The minimum Gasteiger partial charge on any atom is -0.495 e. The van der Waals surface area contributed by atoms with Crippen molar-refractivity contribution in [3.63, 3.8) is 0 Å². The van der Waals surface area contributed by atoms with Gasteiger partial charge in [0.15, 0.2) is 0 Å². The molecule has 0 unspecified atom stereocenters. The molecule has 106 valence electrons. The molecule has 0 aliphatic carbocycles. The van der Waals surface area contributed by atoms with E-state index in [4.69, 9.17) is 4.74 Å². The predicted molar refractivity (Wildman–Crippen MR) is 83.0 cm³/mol. The molecule has 4 nitrogen and oxygen atoms in total. The maximum atomic E-state index is 12.0. The smallest absolute Gasteiger partial charge is 0.224 e. The Kier molecular flexibility index (Phi) is 5.24. The van der Waals surface area contributed by atoms with Crippen molar-refractivity contribution in [3.05, 3.63) is 47.2 Å². The van der Waals surface area contributed by atoms with Crippen LogP contribution < -0.4 is 10.1 Å². The molecule has 1 aromatic heterocycles. The van der Waals surface area contributed by atoms with Gasteiger partial charge in [-0.25, -0.2) is 0 Å². The number of aryl methyl sites for hydroxylation is 1. The fourth-order valence-electron chi connectivity index (χ4n) is 1.94. The average molecular weight is 337 g/mol. The highest BCUT2D eigenvalue weighted by Gasteiger charge is 2.10. The summed E-state index contributed by atoms with van der Waals surface area (Å²) >= 11 is 3.42. The lowest BCUT2D eigenvalue weighted by atomic mass is 10.2. The van der Waals surface area contributed by atoms with Gasteiger partial charge in [-0.1, -0.05) is 6.07 Å². The summed E-state index contributed by atoms with van der Waals surface area (Å²) in [5, 5.41) is 2.89. The number of methoxy groups -OCH3 is 1. The highest BCUT2D eigenvalue weighted by molar-refractivity contribution is 9.10. The first-order valence-electron chi connectivity index (χ1n) is 6.44. The van der Waals surface area contributed by atoms with Crippen LogP contribution in [-0.4, -0.2) is 17.6 Å². The minimum absolute atomic E-state index is 0.0117. The van der Waals surface area contributed by atoms with Crippen LogP contribution in [0.15, 0.2) is 47.2 Å². The maximum absolute atomic E-state index is 12.0. The lowest BCUT2D eigenvalue weighted by Crippen LogP contribution is -2.13. The summed E-state index contributed by atoms with van der Waals surface area (Å²) in [6, 6.07) is 9.51. The Hall–Kier alpha value is -1.75. The summed E-state index contributed by atoms with van der Waals surface area (Å²) in [6.45, 7) is 0.841. The molecule has 1 N–H and O–H groups in total. The number of carbonyl (C=O) groups is 1. The summed E-state index contributed by atoms with van der Waals surface area (Å²) in [5.41, 5.74) is 0.681. The first-order chi connectivity index (χ1) is 9.70. The largest absolute Gasteiger partial charge is 0.495 e. The van der Waals surface area contributed by atoms with E-state index < -0.39 is 0 Å². The summed E-state index contributed by atoms with van der Waals surface area (Å²) in [5.74, 6) is 0.639. The molecule has 0 bridgehead atoms. The third-order valence-electron chi connectivity index (χ3n) is 2.95. The number of nitrogens with zero attached hydrogens (tertiary/aromatic N) is 1. The number of halogens is 1. The second-order valence-corrected chi connectivity index (χ2v) is 5.24. The van der Waals surface area contributed by atoms with Crippen LogP contribution in [-0.2, 0) is 11.3 Å². The van der Waals surface area contributed by atoms with Gasteiger partial charge in [0, 0.05) is 29.8 Å². The van der Waals surface area contributed by atoms with E-state index >= 15 is 0 Å². The molecule has 0 radical (unpaired) electrons. The number of rotatable bonds is 6. The fourth-order valence-corrected chi connectivity index (χ4v) is 2.39. The number of carbonyl (C=O) groups excluding carboxylic acids is 1. The molecule has 0 saturated carbocycles. The van der Waals surface area contributed by atoms with Crippen molar-refractivity contribution < 1.29 is 9.53 Å². The number of nitrogens with one attached hydrogen (secondary N) is 1. The van der Waals surface area contributed by atoms with Crippen molar-refractivity contribution in [2.24, 2.45) is 0 Å². The molecule has 1 amide bonds. The van der Waals surface area contributed by atoms with Crippen molar-refractivity contribution in [3.8, 4) is 5.75 Å². The van der Waals surface area contributed by atoms with Gasteiger partial charge in [-0.05, 0) is 46.6 Å². The zero-order chi connectivity index (χ0) is 14.4. The second-order valence-electron chi connectivity index (χ2n) is 4.39. The molecule has 2 rings (SSSR count). The number of amides is 1. The van der Waals surface area contributed by atoms with Gasteiger partial charge in [0.1, 0.15) is 5.75 Å². The van der Waals surface area contributed by atoms with Crippen molar-refractivity contribution in [2.45, 2.75) is 19.4 Å². The number of hydrogen-bond donors (Lipinski definition) is 1. The predicted octanol–water partition coefficient (Wildman–Crippen LogP) is 3.68. The Morgan fingerprint density at radius 3 is 2.75 bits per heavy atom. The number of anilines is 1. The Morgan fingerprint density at radius 2 is 2.05 bits per heavy atom. The highest BCUT2D eigenvalue weighted by Crippen LogP contribution is 2.32. The first-order valence-corrected chi connectivity index (χ1v) is 7.23. The lowest BCUT2D eigenvalue weighted by molar-refractivity contribution is -0.116. The van der Waals surface area contributed by atoms with E-state index in [9.17, 15) is 4.79 Å². The Labute approximate surface area is 126 Å². The Balaban J connectivity index is 1.88. The molecule has 0 atom stereocenters. The third-order valence-corrected chi connectivity index (χ3v) is 3.61. The average Bonchev–Trinajstić information content (AvgIpc) is 2.94. The molecule has 0 fully saturated rings. The van der Waals surface area contributed by atoms with Crippen LogP contribution in [0.5, 0.6) is 5.75 Å². The van der Waals surface area contributed by atoms with Gasteiger partial charge in [0.25, 0.3) is 0 Å². The molecule has 20 heavy (non-hydrogen) atoms. The zero-order valence-corrected chi connectivity index (χ0v) is 12.9. The Morgan fingerprint density at radius 1 is 1.30 bits per heavy atom. The summed E-state index contributed by atoms with van der Waals surface area (Å²) in [6.07, 6.45) is 5.26. The molecule has 0 saturated heterocycles. The van der Waals surface area contributed by atoms with E-state index in [0.717, 1.165) is 17.4 Å². The Bertz CT molecular complexity index is 567. The SMILES string of the molecule is COc1cccc(Br)c1NC(=O)CCCn1cccc1. The third kappa shape index (κ3) is 3.87. The van der Waals surface area contributed by atoms with Crippen molar-refractivity contribution in [2.75, 3.05) is 12.4 Å². The van der Waals surface area contributed by atoms with E-state index in [-0.39, 0.29) is 5.91 Å². The molecule has 0 spiro atoms. The summed E-state index contributed by atoms with van der Waals surface area (Å²) in [7, 11) is 1.59. The van der Waals surface area contributed by atoms with Crippen LogP contribution in [0.25, 0.3) is 0 Å². The number of aromatic nitrogens is 1. The van der Waals surface area contributed by atoms with Gasteiger partial charge >= 0.3 is 0 Å². The maximum Gasteiger partial charge on any atom is 0.224 e. The summed E-state index contributed by atoms with van der Waals surface area (Å²) in [4.78, 5) is 12.0. The molecular weight excluding hydrogens is 320 g/mol. The van der Waals surface area contributed by atoms with E-state index in [2.05, 4.69) is 25.8 Å². The van der Waals surface area contributed by atoms with Gasteiger partial charge in [0.2, 0.25) is 5.91 Å². The first kappa shape index (κ1) is 14.7. The van der Waals surface area contributed by atoms with Crippen molar-refractivity contribution >= 4 is 27.5 Å². The van der Waals surface area contributed by atoms with Crippen LogP contribution >= 0.6 is 15.9 Å². The van der Waals surface area contributed by atoms with Gasteiger partial charge < -0.3 is 14.6 Å². The van der Waals surface area contributed by atoms with Crippen molar-refractivity contribution in [1.29, 1.82) is 0 Å². The van der Waals surface area contributed by atoms with Gasteiger partial charge in [-0.3, -0.25) is 4.79 Å². The normalized spacial score (nSPS) is 10.3. The zero-order valence-electron chi connectivity index (χ0n) is 11.3. The molecule has 2 aromatic rings. The standard InChI is InChI=1S/C15H17BrN2O2/c1-20-13-7-4-6-12(16)15(13)17-14(19)8-5-11-18-9-2-3-10-18/h2-4,6-7,9-10H,5,8,11H2,1H3,(H,17,19). The van der Waals surface area contributed by atoms with Gasteiger partial charge in [-0.2, -0.15) is 0 Å². The van der Waals surface area contributed by atoms with E-state index in [1.807, 2.05) is 42.7 Å². The van der Waals surface area contributed by atoms with Crippen LogP contribution in [0, 0.1) is 0 Å². The fraction of sp³-hybridized carbons (Fsp3) is 0.267. The topological polar surface area (TPSA) is 43.3 Å². The number of benzene rings is 1. The highest BCUT2D eigenvalue weighted by atomic mass is 79.9. The number of hydrogen-bond acceptors (Lipinski definition) is 2. The second kappa shape index (κ2) is 7.14. The quantitative estimate of drug-likeness (QED) is 0.874. The van der Waals surface area contributed by atoms with E-state index in [1.54, 1.807) is 7.11 Å². The lowest BCUT2D eigenvalue weighted by Gasteiger charge is -2.12. The van der Waals surface area contributed by atoms with Crippen molar-refractivity contribution in [1.82, 2.24) is 4.57 Å². The molecule has 0 aliphatic heterocycles. The minimum atomic E-state index is -0.0117. The monoisotopic (exact) mass is 336 g/mol. The molecule has 5 heteroatoms. The van der Waals surface area contributed by atoms with Gasteiger partial charge in [-0.15, -0.1) is 0 Å². The van der Waals surface area contributed by atoms with E-state index in [0.29, 0.717) is 17.9 Å². The van der Waals surface area contributed by atoms with E-state index in [1.165, 1.54) is 0 Å². The molecule has 1 aromatic carbocycles. The summed E-state index contributed by atoms with van der Waals surface area (Å²) < 4.78 is 8.12. The van der Waals surface area contributed by atoms with Crippen LogP contribution in [0.1, 0.15) is 12.8 Å². The van der Waals surface area contributed by atoms with Crippen LogP contribution in [0.4, 0.5) is 5.69 Å². The number of para-hydroxylation sites is 1. The van der Waals surface area contributed by atoms with Crippen LogP contribution in [0.2, 0.25) is 0 Å². The molecule has 1 heterocycles. The molecule has 0 aliphatic rings. The van der Waals surface area contributed by atoms with Crippen LogP contribution in [0.3, 0.4) is 0 Å². The number of ether oxygens (including phenoxy) is 1. The molecular formula is C15H17BrN2O2. The van der Waals surface area contributed by atoms with Gasteiger partial charge in [0.05, 0.1) is 12.8 Å².